The summed E-state index contributed by atoms with van der Waals surface area (Å²) in [5, 5.41) is 0.795. The van der Waals surface area contributed by atoms with E-state index in [1.165, 1.54) is 17.5 Å². The van der Waals surface area contributed by atoms with Gasteiger partial charge in [-0.2, -0.15) is 0 Å². The van der Waals surface area contributed by atoms with Crippen LogP contribution in [0.1, 0.15) is 30.5 Å². The van der Waals surface area contributed by atoms with Gasteiger partial charge in [0, 0.05) is 11.1 Å². The first-order valence-corrected chi connectivity index (χ1v) is 5.10. The molecule has 2 rings (SSSR count). The maximum absolute atomic E-state index is 6.10. The summed E-state index contributed by atoms with van der Waals surface area (Å²) in [5.74, 6) is 0.575. The topological polar surface area (TPSA) is 26.0 Å². The largest absolute Gasteiger partial charge is 0.324 e. The van der Waals surface area contributed by atoms with Crippen LogP contribution in [0.15, 0.2) is 18.2 Å². The fraction of sp³-hybridized carbons (Fsp3) is 0.455. The van der Waals surface area contributed by atoms with E-state index in [0.29, 0.717) is 5.92 Å². The van der Waals surface area contributed by atoms with E-state index in [-0.39, 0.29) is 6.04 Å². The molecule has 2 atom stereocenters. The summed E-state index contributed by atoms with van der Waals surface area (Å²) < 4.78 is 0. The number of fused-ring (bicyclic) bond motifs is 1. The van der Waals surface area contributed by atoms with Gasteiger partial charge in [-0.05, 0) is 42.0 Å². The van der Waals surface area contributed by atoms with Crippen molar-refractivity contribution in [2.75, 3.05) is 0 Å². The standard InChI is InChI=1S/C11H14ClN/c1-7-2-3-8-4-5-9(12)6-10(8)11(7)13/h4-7,11H,2-3,13H2,1H3/t7-,11-/m1/s1. The second-order valence-electron chi connectivity index (χ2n) is 3.88. The van der Waals surface area contributed by atoms with Crippen LogP contribution in [-0.4, -0.2) is 0 Å². The first-order chi connectivity index (χ1) is 6.18. The minimum atomic E-state index is 0.169. The average Bonchev–Trinajstić information content (AvgIpc) is 2.12. The molecule has 0 saturated carbocycles. The molecule has 1 aromatic carbocycles. The lowest BCUT2D eigenvalue weighted by Gasteiger charge is -2.28. The van der Waals surface area contributed by atoms with Crippen molar-refractivity contribution in [3.8, 4) is 0 Å². The molecule has 1 nitrogen and oxygen atoms in total. The summed E-state index contributed by atoms with van der Waals surface area (Å²) in [4.78, 5) is 0. The number of aryl methyl sites for hydroxylation is 1. The van der Waals surface area contributed by atoms with Crippen molar-refractivity contribution in [3.63, 3.8) is 0 Å². The predicted molar refractivity (Wildman–Crippen MR) is 55.9 cm³/mol. The smallest absolute Gasteiger partial charge is 0.0409 e. The number of hydrogen-bond acceptors (Lipinski definition) is 1. The molecule has 1 aliphatic rings. The lowest BCUT2D eigenvalue weighted by molar-refractivity contribution is 0.412. The van der Waals surface area contributed by atoms with Crippen molar-refractivity contribution in [1.82, 2.24) is 0 Å². The molecular weight excluding hydrogens is 182 g/mol. The molecule has 13 heavy (non-hydrogen) atoms. The lowest BCUT2D eigenvalue weighted by Crippen LogP contribution is -2.25. The van der Waals surface area contributed by atoms with E-state index in [4.69, 9.17) is 17.3 Å². The molecule has 0 spiro atoms. The van der Waals surface area contributed by atoms with Gasteiger partial charge in [-0.3, -0.25) is 0 Å². The van der Waals surface area contributed by atoms with Gasteiger partial charge in [-0.1, -0.05) is 24.6 Å². The normalized spacial score (nSPS) is 27.0. The fourth-order valence-electron chi connectivity index (χ4n) is 1.97. The highest BCUT2D eigenvalue weighted by Gasteiger charge is 2.22. The number of rotatable bonds is 0. The molecule has 0 fully saturated rings. The van der Waals surface area contributed by atoms with Crippen molar-refractivity contribution in [3.05, 3.63) is 34.3 Å². The Morgan fingerprint density at radius 1 is 1.46 bits per heavy atom. The van der Waals surface area contributed by atoms with E-state index in [2.05, 4.69) is 13.0 Å². The average molecular weight is 196 g/mol. The van der Waals surface area contributed by atoms with Crippen molar-refractivity contribution in [1.29, 1.82) is 0 Å². The number of hydrogen-bond donors (Lipinski definition) is 1. The lowest BCUT2D eigenvalue weighted by atomic mass is 9.81. The third-order valence-electron chi connectivity index (χ3n) is 2.95. The molecule has 0 amide bonds. The van der Waals surface area contributed by atoms with Crippen LogP contribution in [0.5, 0.6) is 0 Å². The summed E-state index contributed by atoms with van der Waals surface area (Å²) in [5.41, 5.74) is 8.71. The molecule has 2 N–H and O–H groups in total. The van der Waals surface area contributed by atoms with Crippen LogP contribution in [0.4, 0.5) is 0 Å². The van der Waals surface area contributed by atoms with Crippen LogP contribution >= 0.6 is 11.6 Å². The quantitative estimate of drug-likeness (QED) is 0.677. The molecule has 1 aliphatic carbocycles. The number of nitrogens with two attached hydrogens (primary N) is 1. The summed E-state index contributed by atoms with van der Waals surface area (Å²) in [7, 11) is 0. The van der Waals surface area contributed by atoms with E-state index < -0.39 is 0 Å². The third-order valence-corrected chi connectivity index (χ3v) is 3.18. The molecular formula is C11H14ClN. The molecule has 70 valence electrons. The molecule has 0 aliphatic heterocycles. The van der Waals surface area contributed by atoms with Gasteiger partial charge < -0.3 is 5.73 Å². The predicted octanol–water partition coefficient (Wildman–Crippen LogP) is 2.92. The van der Waals surface area contributed by atoms with Crippen LogP contribution in [0.3, 0.4) is 0 Å². The van der Waals surface area contributed by atoms with Gasteiger partial charge in [0.15, 0.2) is 0 Å². The second kappa shape index (κ2) is 3.32. The van der Waals surface area contributed by atoms with Crippen LogP contribution in [-0.2, 0) is 6.42 Å². The molecule has 0 aromatic heterocycles. The zero-order chi connectivity index (χ0) is 9.42. The molecule has 0 bridgehead atoms. The molecule has 2 heteroatoms. The zero-order valence-corrected chi connectivity index (χ0v) is 8.51. The monoisotopic (exact) mass is 195 g/mol. The van der Waals surface area contributed by atoms with Crippen LogP contribution in [0, 0.1) is 5.92 Å². The van der Waals surface area contributed by atoms with Crippen LogP contribution in [0.2, 0.25) is 5.02 Å². The minimum absolute atomic E-state index is 0.169. The molecule has 1 aromatic rings. The van der Waals surface area contributed by atoms with E-state index >= 15 is 0 Å². The van der Waals surface area contributed by atoms with Crippen molar-refractivity contribution in [2.45, 2.75) is 25.8 Å². The van der Waals surface area contributed by atoms with Gasteiger partial charge in [0.25, 0.3) is 0 Å². The van der Waals surface area contributed by atoms with Gasteiger partial charge in [-0.25, -0.2) is 0 Å². The van der Waals surface area contributed by atoms with Crippen molar-refractivity contribution in [2.24, 2.45) is 11.7 Å². The Labute approximate surface area is 83.9 Å². The fourth-order valence-corrected chi connectivity index (χ4v) is 2.15. The Hall–Kier alpha value is -0.530. The van der Waals surface area contributed by atoms with Gasteiger partial charge >= 0.3 is 0 Å². The first kappa shape index (κ1) is 9.04. The Bertz CT molecular complexity index is 322. The van der Waals surface area contributed by atoms with Gasteiger partial charge in [0.05, 0.1) is 0 Å². The summed E-state index contributed by atoms with van der Waals surface area (Å²) in [6.07, 6.45) is 2.33. The Morgan fingerprint density at radius 2 is 2.23 bits per heavy atom. The Kier molecular flexibility index (Phi) is 2.31. The van der Waals surface area contributed by atoms with Crippen molar-refractivity contribution >= 4 is 11.6 Å². The summed E-state index contributed by atoms with van der Waals surface area (Å²) in [6, 6.07) is 6.23. The van der Waals surface area contributed by atoms with E-state index in [1.54, 1.807) is 0 Å². The Morgan fingerprint density at radius 3 is 3.00 bits per heavy atom. The van der Waals surface area contributed by atoms with Gasteiger partial charge in [-0.15, -0.1) is 0 Å². The van der Waals surface area contributed by atoms with E-state index in [0.717, 1.165) is 11.4 Å². The maximum atomic E-state index is 6.10. The van der Waals surface area contributed by atoms with Crippen molar-refractivity contribution < 1.29 is 0 Å². The summed E-state index contributed by atoms with van der Waals surface area (Å²) in [6.45, 7) is 2.20. The first-order valence-electron chi connectivity index (χ1n) is 4.72. The molecule has 0 heterocycles. The molecule has 0 radical (unpaired) electrons. The highest BCUT2D eigenvalue weighted by molar-refractivity contribution is 6.30. The number of halogens is 1. The van der Waals surface area contributed by atoms with Crippen LogP contribution in [0.25, 0.3) is 0 Å². The van der Waals surface area contributed by atoms with Gasteiger partial charge in [0.2, 0.25) is 0 Å². The summed E-state index contributed by atoms with van der Waals surface area (Å²) >= 11 is 5.93. The maximum Gasteiger partial charge on any atom is 0.0409 e. The number of benzene rings is 1. The molecule has 0 saturated heterocycles. The van der Waals surface area contributed by atoms with E-state index in [1.807, 2.05) is 12.1 Å². The van der Waals surface area contributed by atoms with E-state index in [9.17, 15) is 0 Å². The third kappa shape index (κ3) is 1.59. The van der Waals surface area contributed by atoms with Gasteiger partial charge in [0.1, 0.15) is 0 Å². The second-order valence-corrected chi connectivity index (χ2v) is 4.32. The SMILES string of the molecule is C[C@@H]1CCc2ccc(Cl)cc2[C@@H]1N. The molecule has 0 unspecified atom stereocenters. The minimum Gasteiger partial charge on any atom is -0.324 e. The zero-order valence-electron chi connectivity index (χ0n) is 7.76. The Balaban J connectivity index is 2.45. The highest BCUT2D eigenvalue weighted by Crippen LogP contribution is 2.33. The highest BCUT2D eigenvalue weighted by atomic mass is 35.5. The van der Waals surface area contributed by atoms with Crippen LogP contribution < -0.4 is 5.73 Å².